The second-order valence-electron chi connectivity index (χ2n) is 2.77. The Morgan fingerprint density at radius 1 is 1.50 bits per heavy atom. The monoisotopic (exact) mass is 200 g/mol. The van der Waals surface area contributed by atoms with Gasteiger partial charge in [-0.3, -0.25) is 0 Å². The average Bonchev–Trinajstić information content (AvgIpc) is 2.46. The maximum Gasteiger partial charge on any atom is 0.194 e. The van der Waals surface area contributed by atoms with Gasteiger partial charge in [0.05, 0.1) is 5.25 Å². The molecule has 0 saturated carbocycles. The van der Waals surface area contributed by atoms with Gasteiger partial charge in [-0.2, -0.15) is 0 Å². The summed E-state index contributed by atoms with van der Waals surface area (Å²) in [7, 11) is -3.05. The fraction of sp³-hybridized carbons (Fsp3) is 0.250. The summed E-state index contributed by atoms with van der Waals surface area (Å²) in [5.74, 6) is 0. The molecule has 2 heterocycles. The quantitative estimate of drug-likeness (QED) is 0.641. The summed E-state index contributed by atoms with van der Waals surface area (Å²) in [4.78, 5) is 0. The molecular weight excluding hydrogens is 192 g/mol. The van der Waals surface area contributed by atoms with Crippen molar-refractivity contribution in [3.05, 3.63) is 23.1 Å². The molecule has 0 aliphatic carbocycles. The maximum atomic E-state index is 11.6. The molecule has 0 unspecified atom stereocenters. The Hall–Kier alpha value is -0.610. The van der Waals surface area contributed by atoms with E-state index in [0.717, 1.165) is 5.56 Å². The molecule has 2 nitrogen and oxygen atoms in total. The van der Waals surface area contributed by atoms with Crippen LogP contribution in [0.1, 0.15) is 12.5 Å². The lowest BCUT2D eigenvalue weighted by Crippen LogP contribution is -2.17. The standard InChI is InChI=1S/C8H8O2S2/c1-6-2-3-7-4-5-11-8(7)12(6,9)10/h2-6H,1H3/t6-/m0/s1. The van der Waals surface area contributed by atoms with Gasteiger partial charge in [-0.1, -0.05) is 12.2 Å². The zero-order valence-corrected chi connectivity index (χ0v) is 8.15. The Bertz CT molecular complexity index is 426. The van der Waals surface area contributed by atoms with Crippen molar-refractivity contribution in [2.24, 2.45) is 0 Å². The van der Waals surface area contributed by atoms with Crippen LogP contribution in [0.5, 0.6) is 0 Å². The summed E-state index contributed by atoms with van der Waals surface area (Å²) >= 11 is 1.30. The van der Waals surface area contributed by atoms with Crippen LogP contribution < -0.4 is 0 Å². The van der Waals surface area contributed by atoms with Gasteiger partial charge in [0.25, 0.3) is 0 Å². The molecule has 0 amide bonds. The van der Waals surface area contributed by atoms with Gasteiger partial charge in [0.15, 0.2) is 9.84 Å². The third-order valence-corrected chi connectivity index (χ3v) is 5.55. The molecule has 1 atom stereocenters. The van der Waals surface area contributed by atoms with Crippen LogP contribution in [0.15, 0.2) is 21.7 Å². The second kappa shape index (κ2) is 2.44. The molecule has 64 valence electrons. The van der Waals surface area contributed by atoms with E-state index >= 15 is 0 Å². The van der Waals surface area contributed by atoms with Crippen molar-refractivity contribution in [3.8, 4) is 0 Å². The third kappa shape index (κ3) is 0.949. The fourth-order valence-corrected chi connectivity index (χ4v) is 4.03. The van der Waals surface area contributed by atoms with Gasteiger partial charge in [-0.15, -0.1) is 11.3 Å². The highest BCUT2D eigenvalue weighted by Gasteiger charge is 2.27. The SMILES string of the molecule is C[C@H]1C=Cc2ccsc2S1(=O)=O. The van der Waals surface area contributed by atoms with Crippen LogP contribution >= 0.6 is 11.3 Å². The lowest BCUT2D eigenvalue weighted by atomic mass is 10.3. The number of thiophene rings is 1. The van der Waals surface area contributed by atoms with Gasteiger partial charge in [-0.25, -0.2) is 8.42 Å². The Morgan fingerprint density at radius 2 is 2.25 bits per heavy atom. The minimum absolute atomic E-state index is 0.372. The van der Waals surface area contributed by atoms with Crippen molar-refractivity contribution in [2.75, 3.05) is 0 Å². The molecule has 1 aromatic heterocycles. The van der Waals surface area contributed by atoms with Gasteiger partial charge in [-0.05, 0) is 18.4 Å². The Kier molecular flexibility index (Phi) is 1.63. The molecule has 12 heavy (non-hydrogen) atoms. The summed E-state index contributed by atoms with van der Waals surface area (Å²) in [5, 5.41) is 1.44. The van der Waals surface area contributed by atoms with Gasteiger partial charge < -0.3 is 0 Å². The molecule has 0 radical (unpaired) electrons. The van der Waals surface area contributed by atoms with Crippen molar-refractivity contribution in [1.82, 2.24) is 0 Å². The first-order valence-corrected chi connectivity index (χ1v) is 6.04. The summed E-state index contributed by atoms with van der Waals surface area (Å²) < 4.78 is 23.8. The topological polar surface area (TPSA) is 34.1 Å². The minimum Gasteiger partial charge on any atom is -0.222 e. The Labute approximate surface area is 75.5 Å². The van der Waals surface area contributed by atoms with Crippen LogP contribution in [0.25, 0.3) is 6.08 Å². The predicted molar refractivity (Wildman–Crippen MR) is 50.0 cm³/mol. The van der Waals surface area contributed by atoms with E-state index in [1.165, 1.54) is 11.3 Å². The molecule has 0 saturated heterocycles. The minimum atomic E-state index is -3.05. The van der Waals surface area contributed by atoms with Crippen molar-refractivity contribution in [1.29, 1.82) is 0 Å². The van der Waals surface area contributed by atoms with Crippen LogP contribution in [0.4, 0.5) is 0 Å². The number of fused-ring (bicyclic) bond motifs is 1. The number of rotatable bonds is 0. The largest absolute Gasteiger partial charge is 0.222 e. The molecule has 4 heteroatoms. The Balaban J connectivity index is 2.75. The predicted octanol–water partition coefficient (Wildman–Crippen LogP) is 1.94. The van der Waals surface area contributed by atoms with Crippen LogP contribution in [0.2, 0.25) is 0 Å². The van der Waals surface area contributed by atoms with E-state index in [0.29, 0.717) is 4.21 Å². The smallest absolute Gasteiger partial charge is 0.194 e. The van der Waals surface area contributed by atoms with Crippen molar-refractivity contribution in [3.63, 3.8) is 0 Å². The van der Waals surface area contributed by atoms with E-state index in [-0.39, 0.29) is 5.25 Å². The van der Waals surface area contributed by atoms with Crippen LogP contribution in [0, 0.1) is 0 Å². The van der Waals surface area contributed by atoms with Gasteiger partial charge in [0, 0.05) is 5.56 Å². The Morgan fingerprint density at radius 3 is 3.00 bits per heavy atom. The highest BCUT2D eigenvalue weighted by Crippen LogP contribution is 2.31. The average molecular weight is 200 g/mol. The zero-order valence-electron chi connectivity index (χ0n) is 6.52. The molecule has 0 fully saturated rings. The lowest BCUT2D eigenvalue weighted by molar-refractivity contribution is 0.592. The number of hydrogen-bond donors (Lipinski definition) is 0. The van der Waals surface area contributed by atoms with Gasteiger partial charge in [0.1, 0.15) is 4.21 Å². The van der Waals surface area contributed by atoms with E-state index in [1.807, 2.05) is 17.5 Å². The van der Waals surface area contributed by atoms with E-state index in [2.05, 4.69) is 0 Å². The zero-order chi connectivity index (χ0) is 8.77. The van der Waals surface area contributed by atoms with E-state index in [1.54, 1.807) is 13.0 Å². The molecule has 2 rings (SSSR count). The van der Waals surface area contributed by atoms with Crippen molar-refractivity contribution < 1.29 is 8.42 Å². The molecule has 1 aliphatic heterocycles. The molecule has 0 spiro atoms. The molecule has 0 bridgehead atoms. The van der Waals surface area contributed by atoms with Crippen LogP contribution in [-0.2, 0) is 9.84 Å². The van der Waals surface area contributed by atoms with E-state index in [4.69, 9.17) is 0 Å². The normalized spacial score (nSPS) is 25.2. The highest BCUT2D eigenvalue weighted by molar-refractivity contribution is 7.94. The number of hydrogen-bond acceptors (Lipinski definition) is 3. The fourth-order valence-electron chi connectivity index (χ4n) is 1.17. The molecule has 1 aromatic rings. The third-order valence-electron chi connectivity index (χ3n) is 1.95. The van der Waals surface area contributed by atoms with Gasteiger partial charge >= 0.3 is 0 Å². The maximum absolute atomic E-state index is 11.6. The van der Waals surface area contributed by atoms with Crippen LogP contribution in [0.3, 0.4) is 0 Å². The highest BCUT2D eigenvalue weighted by atomic mass is 32.2. The van der Waals surface area contributed by atoms with E-state index in [9.17, 15) is 8.42 Å². The number of sulfone groups is 1. The lowest BCUT2D eigenvalue weighted by Gasteiger charge is -2.12. The molecule has 1 aliphatic rings. The van der Waals surface area contributed by atoms with Gasteiger partial charge in [0.2, 0.25) is 0 Å². The first-order chi connectivity index (χ1) is 5.62. The summed E-state index contributed by atoms with van der Waals surface area (Å²) in [6.45, 7) is 1.70. The second-order valence-corrected chi connectivity index (χ2v) is 6.19. The van der Waals surface area contributed by atoms with Crippen molar-refractivity contribution in [2.45, 2.75) is 16.4 Å². The summed E-state index contributed by atoms with van der Waals surface area (Å²) in [5.41, 5.74) is 0.832. The molecular formula is C8H8O2S2. The van der Waals surface area contributed by atoms with Crippen molar-refractivity contribution >= 4 is 27.3 Å². The summed E-state index contributed by atoms with van der Waals surface area (Å²) in [6.07, 6.45) is 3.60. The molecule has 0 N–H and O–H groups in total. The first kappa shape index (κ1) is 8.01. The first-order valence-electron chi connectivity index (χ1n) is 3.62. The summed E-state index contributed by atoms with van der Waals surface area (Å²) in [6, 6.07) is 1.83. The van der Waals surface area contributed by atoms with Crippen LogP contribution in [-0.4, -0.2) is 13.7 Å². The van der Waals surface area contributed by atoms with E-state index < -0.39 is 9.84 Å². The molecule has 0 aromatic carbocycles.